The average Bonchev–Trinajstić information content (AvgIpc) is 2.71. The maximum absolute atomic E-state index is 12.5. The van der Waals surface area contributed by atoms with Crippen LogP contribution in [0.5, 0.6) is 0 Å². The van der Waals surface area contributed by atoms with Crippen molar-refractivity contribution in [3.8, 4) is 6.07 Å². The molecule has 3 aromatic rings. The molecule has 2 aromatic carbocycles. The fraction of sp³-hybridized carbons (Fsp3) is 0. The molecule has 0 unspecified atom stereocenters. The minimum atomic E-state index is -0.477. The molecule has 6 heteroatoms. The van der Waals surface area contributed by atoms with Crippen LogP contribution in [-0.2, 0) is 4.79 Å². The highest BCUT2D eigenvalue weighted by Gasteiger charge is 2.12. The van der Waals surface area contributed by atoms with Crippen LogP contribution in [0.4, 0.5) is 11.4 Å². The van der Waals surface area contributed by atoms with Crippen molar-refractivity contribution in [1.82, 2.24) is 4.98 Å². The lowest BCUT2D eigenvalue weighted by atomic mass is 10.2. The zero-order valence-electron chi connectivity index (χ0n) is 14.3. The van der Waals surface area contributed by atoms with Crippen molar-refractivity contribution in [2.24, 2.45) is 0 Å². The summed E-state index contributed by atoms with van der Waals surface area (Å²) >= 11 is 1.54. The second kappa shape index (κ2) is 9.22. The van der Waals surface area contributed by atoms with Crippen molar-refractivity contribution in [1.29, 1.82) is 5.26 Å². The van der Waals surface area contributed by atoms with Gasteiger partial charge in [0.2, 0.25) is 0 Å². The minimum absolute atomic E-state index is 0.0293. The number of hydrogen-bond acceptors (Lipinski definition) is 5. The van der Waals surface area contributed by atoms with Gasteiger partial charge in [-0.25, -0.2) is 0 Å². The molecule has 0 radical (unpaired) electrons. The van der Waals surface area contributed by atoms with Gasteiger partial charge < -0.3 is 10.6 Å². The third-order valence-electron chi connectivity index (χ3n) is 3.52. The Morgan fingerprint density at radius 3 is 2.56 bits per heavy atom. The molecular weight excluding hydrogens is 356 g/mol. The Bertz CT molecular complexity index is 982. The number of amides is 1. The fourth-order valence-electron chi connectivity index (χ4n) is 2.22. The van der Waals surface area contributed by atoms with E-state index in [2.05, 4.69) is 15.6 Å². The van der Waals surface area contributed by atoms with Gasteiger partial charge in [-0.15, -0.1) is 0 Å². The number of rotatable bonds is 6. The van der Waals surface area contributed by atoms with E-state index in [0.717, 1.165) is 9.79 Å². The van der Waals surface area contributed by atoms with Gasteiger partial charge in [0, 0.05) is 22.2 Å². The number of carbonyl (C=O) groups excluding carboxylic acids is 1. The summed E-state index contributed by atoms with van der Waals surface area (Å²) in [5.41, 5.74) is 1.32. The molecule has 0 bridgehead atoms. The molecule has 0 saturated carbocycles. The molecule has 132 valence electrons. The predicted octanol–water partition coefficient (Wildman–Crippen LogP) is 4.69. The topological polar surface area (TPSA) is 77.8 Å². The first-order valence-electron chi connectivity index (χ1n) is 8.16. The summed E-state index contributed by atoms with van der Waals surface area (Å²) in [4.78, 5) is 18.4. The van der Waals surface area contributed by atoms with Crippen LogP contribution in [0.15, 0.2) is 101 Å². The lowest BCUT2D eigenvalue weighted by molar-refractivity contribution is -0.112. The molecule has 5 nitrogen and oxygen atoms in total. The molecule has 0 aliphatic heterocycles. The first-order chi connectivity index (χ1) is 13.3. The number of pyridine rings is 1. The Morgan fingerprint density at radius 1 is 1.04 bits per heavy atom. The number of benzene rings is 2. The van der Waals surface area contributed by atoms with E-state index in [4.69, 9.17) is 0 Å². The number of carbonyl (C=O) groups is 1. The SMILES string of the molecule is N#C/C(=C/Nc1cccnc1)C(=O)Nc1ccccc1Sc1ccccc1. The summed E-state index contributed by atoms with van der Waals surface area (Å²) in [6, 6.07) is 22.9. The summed E-state index contributed by atoms with van der Waals surface area (Å²) in [7, 11) is 0. The molecule has 1 heterocycles. The highest BCUT2D eigenvalue weighted by Crippen LogP contribution is 2.33. The predicted molar refractivity (Wildman–Crippen MR) is 107 cm³/mol. The zero-order chi connectivity index (χ0) is 18.9. The van der Waals surface area contributed by atoms with Crippen LogP contribution in [-0.4, -0.2) is 10.9 Å². The molecule has 2 N–H and O–H groups in total. The van der Waals surface area contributed by atoms with Crippen molar-refractivity contribution < 1.29 is 4.79 Å². The molecule has 0 aliphatic rings. The summed E-state index contributed by atoms with van der Waals surface area (Å²) in [6.07, 6.45) is 4.63. The average molecular weight is 372 g/mol. The van der Waals surface area contributed by atoms with Crippen LogP contribution in [0.3, 0.4) is 0 Å². The van der Waals surface area contributed by atoms with E-state index < -0.39 is 5.91 Å². The van der Waals surface area contributed by atoms with Crippen molar-refractivity contribution in [3.05, 3.63) is 90.9 Å². The third-order valence-corrected chi connectivity index (χ3v) is 4.60. The van der Waals surface area contributed by atoms with Crippen LogP contribution in [0.25, 0.3) is 0 Å². The standard InChI is InChI=1S/C21H16N4OS/c22-13-16(14-24-17-7-6-12-23-15-17)21(26)25-19-10-4-5-11-20(19)27-18-8-2-1-3-9-18/h1-12,14-15,24H,(H,25,26)/b16-14-. The number of anilines is 2. The quantitative estimate of drug-likeness (QED) is 0.485. The van der Waals surface area contributed by atoms with Crippen LogP contribution in [0, 0.1) is 11.3 Å². The highest BCUT2D eigenvalue weighted by atomic mass is 32.2. The number of para-hydroxylation sites is 1. The van der Waals surface area contributed by atoms with Crippen LogP contribution < -0.4 is 10.6 Å². The van der Waals surface area contributed by atoms with Gasteiger partial charge in [0.05, 0.1) is 17.6 Å². The molecule has 0 saturated heterocycles. The maximum Gasteiger partial charge on any atom is 0.267 e. The van der Waals surface area contributed by atoms with Gasteiger partial charge >= 0.3 is 0 Å². The van der Waals surface area contributed by atoms with Gasteiger partial charge in [0.15, 0.2) is 0 Å². The van der Waals surface area contributed by atoms with Gasteiger partial charge in [-0.1, -0.05) is 42.1 Å². The van der Waals surface area contributed by atoms with Crippen LogP contribution >= 0.6 is 11.8 Å². The molecule has 0 spiro atoms. The van der Waals surface area contributed by atoms with Crippen LogP contribution in [0.2, 0.25) is 0 Å². The molecule has 1 aromatic heterocycles. The Hall–Kier alpha value is -3.56. The van der Waals surface area contributed by atoms with E-state index in [1.54, 1.807) is 36.3 Å². The van der Waals surface area contributed by atoms with Crippen molar-refractivity contribution >= 4 is 29.0 Å². The number of aromatic nitrogens is 1. The molecule has 0 aliphatic carbocycles. The Balaban J connectivity index is 1.74. The fourth-order valence-corrected chi connectivity index (χ4v) is 3.14. The second-order valence-electron chi connectivity index (χ2n) is 5.42. The van der Waals surface area contributed by atoms with E-state index in [9.17, 15) is 10.1 Å². The van der Waals surface area contributed by atoms with E-state index in [-0.39, 0.29) is 5.57 Å². The molecule has 3 rings (SSSR count). The Morgan fingerprint density at radius 2 is 1.81 bits per heavy atom. The summed E-state index contributed by atoms with van der Waals surface area (Å²) in [5, 5.41) is 15.0. The molecular formula is C21H16N4OS. The summed E-state index contributed by atoms with van der Waals surface area (Å²) in [5.74, 6) is -0.477. The van der Waals surface area contributed by atoms with E-state index >= 15 is 0 Å². The monoisotopic (exact) mass is 372 g/mol. The lowest BCUT2D eigenvalue weighted by Gasteiger charge is -2.10. The van der Waals surface area contributed by atoms with Gasteiger partial charge in [0.1, 0.15) is 11.6 Å². The molecule has 0 fully saturated rings. The highest BCUT2D eigenvalue weighted by molar-refractivity contribution is 7.99. The maximum atomic E-state index is 12.5. The molecule has 27 heavy (non-hydrogen) atoms. The first-order valence-corrected chi connectivity index (χ1v) is 8.98. The third kappa shape index (κ3) is 5.21. The Labute approximate surface area is 161 Å². The summed E-state index contributed by atoms with van der Waals surface area (Å²) in [6.45, 7) is 0. The lowest BCUT2D eigenvalue weighted by Crippen LogP contribution is -2.15. The number of hydrogen-bond donors (Lipinski definition) is 2. The molecule has 1 amide bonds. The van der Waals surface area contributed by atoms with Crippen molar-refractivity contribution in [3.63, 3.8) is 0 Å². The van der Waals surface area contributed by atoms with E-state index in [1.165, 1.54) is 6.20 Å². The number of nitriles is 1. The number of nitrogens with one attached hydrogen (secondary N) is 2. The smallest absolute Gasteiger partial charge is 0.267 e. The van der Waals surface area contributed by atoms with Gasteiger partial charge in [-0.3, -0.25) is 9.78 Å². The molecule has 0 atom stereocenters. The van der Waals surface area contributed by atoms with E-state index in [1.807, 2.05) is 60.7 Å². The normalized spacial score (nSPS) is 10.7. The van der Waals surface area contributed by atoms with Gasteiger partial charge in [-0.2, -0.15) is 5.26 Å². The van der Waals surface area contributed by atoms with Crippen molar-refractivity contribution in [2.75, 3.05) is 10.6 Å². The zero-order valence-corrected chi connectivity index (χ0v) is 15.1. The summed E-state index contributed by atoms with van der Waals surface area (Å²) < 4.78 is 0. The van der Waals surface area contributed by atoms with Crippen LogP contribution in [0.1, 0.15) is 0 Å². The number of nitrogens with zero attached hydrogens (tertiary/aromatic N) is 2. The Kier molecular flexibility index (Phi) is 6.23. The van der Waals surface area contributed by atoms with Crippen molar-refractivity contribution in [2.45, 2.75) is 9.79 Å². The van der Waals surface area contributed by atoms with Gasteiger partial charge in [0.25, 0.3) is 5.91 Å². The second-order valence-corrected chi connectivity index (χ2v) is 6.54. The first kappa shape index (κ1) is 18.2. The van der Waals surface area contributed by atoms with Gasteiger partial charge in [-0.05, 0) is 36.4 Å². The van der Waals surface area contributed by atoms with E-state index in [0.29, 0.717) is 11.4 Å². The largest absolute Gasteiger partial charge is 0.359 e. The minimum Gasteiger partial charge on any atom is -0.359 e.